The molecule has 0 fully saturated rings. The molecule has 7 heteroatoms. The van der Waals surface area contributed by atoms with Crippen LogP contribution in [0, 0.1) is 129 Å². The SMILES string of the molecule is [C-]#[N+]c1ccc(-c2cc(N3c4c(C)c(C)c(C)c(C)c4Cc4c(C)c(C)c(C)c(C)c43)c(N3c4c(C)c(C)c(C)c(C)c4Cc4c(C)c(C)c(C)c(C)c43)cc2C#N)c(C(F)(F)F)c1. The molecule has 0 N–H and O–H groups in total. The highest BCUT2D eigenvalue weighted by Gasteiger charge is 2.40. The van der Waals surface area contributed by atoms with Crippen LogP contribution in [0.15, 0.2) is 30.3 Å². The Bertz CT molecular complexity index is 3050. The van der Waals surface area contributed by atoms with E-state index in [0.29, 0.717) is 12.1 Å². The third-order valence-corrected chi connectivity index (χ3v) is 16.2. The second-order valence-corrected chi connectivity index (χ2v) is 18.7. The predicted molar refractivity (Wildman–Crippen MR) is 259 cm³/mol. The molecule has 0 unspecified atom stereocenters. The third kappa shape index (κ3) is 6.14. The first kappa shape index (κ1) is 44.3. The smallest absolute Gasteiger partial charge is 0.307 e. The van der Waals surface area contributed by atoms with E-state index in [-0.39, 0.29) is 22.4 Å². The highest BCUT2D eigenvalue weighted by molar-refractivity contribution is 6.02. The lowest BCUT2D eigenvalue weighted by Gasteiger charge is -2.44. The summed E-state index contributed by atoms with van der Waals surface area (Å²) in [5, 5.41) is 11.2. The van der Waals surface area contributed by atoms with Crippen molar-refractivity contribution in [2.45, 2.75) is 130 Å². The van der Waals surface area contributed by atoms with E-state index >= 15 is 13.2 Å². The fourth-order valence-corrected chi connectivity index (χ4v) is 10.9. The summed E-state index contributed by atoms with van der Waals surface area (Å²) in [6.07, 6.45) is -3.36. The van der Waals surface area contributed by atoms with E-state index < -0.39 is 11.7 Å². The monoisotopic (exact) mass is 854 g/mol. The largest absolute Gasteiger partial charge is 0.415 e. The van der Waals surface area contributed by atoms with Gasteiger partial charge in [0.05, 0.1) is 57.9 Å². The minimum Gasteiger partial charge on any atom is -0.307 e. The van der Waals surface area contributed by atoms with Crippen LogP contribution < -0.4 is 9.80 Å². The van der Waals surface area contributed by atoms with Gasteiger partial charge in [-0.15, -0.1) is 0 Å². The summed E-state index contributed by atoms with van der Waals surface area (Å²) in [6.45, 7) is 42.5. The van der Waals surface area contributed by atoms with Crippen molar-refractivity contribution in [2.24, 2.45) is 0 Å². The first-order chi connectivity index (χ1) is 30.0. The first-order valence-electron chi connectivity index (χ1n) is 22.1. The van der Waals surface area contributed by atoms with Gasteiger partial charge in [0, 0.05) is 18.4 Å². The quantitative estimate of drug-likeness (QED) is 0.166. The van der Waals surface area contributed by atoms with Crippen molar-refractivity contribution in [2.75, 3.05) is 9.80 Å². The van der Waals surface area contributed by atoms with Crippen molar-refractivity contribution in [1.82, 2.24) is 0 Å². The number of alkyl halides is 3. The van der Waals surface area contributed by atoms with Gasteiger partial charge in [0.25, 0.3) is 0 Å². The van der Waals surface area contributed by atoms with Gasteiger partial charge in [-0.1, -0.05) is 12.1 Å². The fraction of sp³-hybridized carbons (Fsp3) is 0.333. The zero-order valence-corrected chi connectivity index (χ0v) is 40.2. The lowest BCUT2D eigenvalue weighted by Crippen LogP contribution is -2.28. The van der Waals surface area contributed by atoms with Crippen LogP contribution in [-0.2, 0) is 19.0 Å². The molecule has 0 saturated heterocycles. The molecule has 64 heavy (non-hydrogen) atoms. The number of hydrogen-bond acceptors (Lipinski definition) is 3. The molecule has 2 aliphatic rings. The summed E-state index contributed by atoms with van der Waals surface area (Å²) in [4.78, 5) is 8.09. The van der Waals surface area contributed by atoms with Gasteiger partial charge < -0.3 is 9.80 Å². The molecule has 8 rings (SSSR count). The van der Waals surface area contributed by atoms with E-state index in [4.69, 9.17) is 6.57 Å². The van der Waals surface area contributed by atoms with Crippen LogP contribution in [-0.4, -0.2) is 0 Å². The predicted octanol–water partition coefficient (Wildman–Crippen LogP) is 16.5. The number of nitrogens with zero attached hydrogens (tertiary/aromatic N) is 4. The maximum atomic E-state index is 15.3. The molecule has 0 aliphatic carbocycles. The summed E-state index contributed by atoms with van der Waals surface area (Å²) in [7, 11) is 0. The second kappa shape index (κ2) is 15.2. The molecule has 0 amide bonds. The van der Waals surface area contributed by atoms with Gasteiger partial charge in [0.2, 0.25) is 0 Å². The summed E-state index contributed by atoms with van der Waals surface area (Å²) >= 11 is 0. The van der Waals surface area contributed by atoms with Crippen LogP contribution in [0.3, 0.4) is 0 Å². The third-order valence-electron chi connectivity index (χ3n) is 16.2. The molecule has 0 saturated carbocycles. The van der Waals surface area contributed by atoms with Crippen molar-refractivity contribution in [3.63, 3.8) is 0 Å². The van der Waals surface area contributed by atoms with E-state index in [1.54, 1.807) is 0 Å². The normalized spacial score (nSPS) is 13.0. The number of fused-ring (bicyclic) bond motifs is 4. The van der Waals surface area contributed by atoms with E-state index in [9.17, 15) is 5.26 Å². The molecule has 0 bridgehead atoms. The molecular weight excluding hydrogens is 798 g/mol. The van der Waals surface area contributed by atoms with Gasteiger partial charge in [0.1, 0.15) is 0 Å². The van der Waals surface area contributed by atoms with Gasteiger partial charge in [-0.2, -0.15) is 18.4 Å². The summed E-state index contributed by atoms with van der Waals surface area (Å²) in [6, 6.07) is 9.78. The zero-order valence-electron chi connectivity index (χ0n) is 40.2. The van der Waals surface area contributed by atoms with Crippen molar-refractivity contribution in [3.05, 3.63) is 164 Å². The first-order valence-corrected chi connectivity index (χ1v) is 22.1. The number of hydrogen-bond donors (Lipinski definition) is 0. The average Bonchev–Trinajstić information content (AvgIpc) is 3.28. The molecule has 6 aromatic carbocycles. The van der Waals surface area contributed by atoms with Crippen molar-refractivity contribution < 1.29 is 13.2 Å². The van der Waals surface area contributed by atoms with Crippen LogP contribution >= 0.6 is 0 Å². The number of anilines is 6. The fourth-order valence-electron chi connectivity index (χ4n) is 10.9. The minimum atomic E-state index is -4.80. The molecule has 6 aromatic rings. The Balaban J connectivity index is 1.67. The van der Waals surface area contributed by atoms with E-state index in [1.807, 2.05) is 12.1 Å². The van der Waals surface area contributed by atoms with Crippen LogP contribution in [0.5, 0.6) is 0 Å². The van der Waals surface area contributed by atoms with Crippen molar-refractivity contribution >= 4 is 39.8 Å². The van der Waals surface area contributed by atoms with Crippen molar-refractivity contribution in [3.8, 4) is 17.2 Å². The Kier molecular flexibility index (Phi) is 10.5. The molecule has 0 atom stereocenters. The number of rotatable bonds is 3. The summed E-state index contributed by atoms with van der Waals surface area (Å²) < 4.78 is 45.9. The van der Waals surface area contributed by atoms with Gasteiger partial charge in [-0.05, 0) is 246 Å². The Morgan fingerprint density at radius 2 is 0.797 bits per heavy atom. The molecule has 2 heterocycles. The van der Waals surface area contributed by atoms with Crippen LogP contribution in [0.1, 0.15) is 122 Å². The van der Waals surface area contributed by atoms with Gasteiger partial charge in [-0.25, -0.2) is 4.85 Å². The van der Waals surface area contributed by atoms with Gasteiger partial charge >= 0.3 is 6.18 Å². The Hall–Kier alpha value is -6.31. The highest BCUT2D eigenvalue weighted by atomic mass is 19.4. The maximum absolute atomic E-state index is 15.3. The van der Waals surface area contributed by atoms with Crippen molar-refractivity contribution in [1.29, 1.82) is 5.26 Å². The lowest BCUT2D eigenvalue weighted by molar-refractivity contribution is -0.137. The van der Waals surface area contributed by atoms with Crippen LogP contribution in [0.4, 0.5) is 53.0 Å². The van der Waals surface area contributed by atoms with E-state index in [1.165, 1.54) is 90.0 Å². The molecule has 0 radical (unpaired) electrons. The Morgan fingerprint density at radius 3 is 1.11 bits per heavy atom. The topological polar surface area (TPSA) is 34.6 Å². The van der Waals surface area contributed by atoms with E-state index in [2.05, 4.69) is 131 Å². The van der Waals surface area contributed by atoms with Crippen LogP contribution in [0.25, 0.3) is 16.0 Å². The van der Waals surface area contributed by atoms with Crippen LogP contribution in [0.2, 0.25) is 0 Å². The number of nitriles is 1. The minimum absolute atomic E-state index is 0.114. The average molecular weight is 855 g/mol. The molecule has 4 nitrogen and oxygen atoms in total. The standard InChI is InChI=1S/C57H57F3N4/c1-26-30(5)38(13)53-45(34(26)9)22-46-35(10)27(2)31(6)39(14)54(46)63(53)51-20-42(25-61)49(44-19-18-43(62-17)21-50(44)57(58,59)60)24-52(51)64-55-40(15)32(7)28(3)36(11)47(55)23-48-37(12)29(4)33(8)41(16)56(48)64/h18-21,24H,22-23H2,1-16H3. The highest BCUT2D eigenvalue weighted by Crippen LogP contribution is 2.59. The summed E-state index contributed by atoms with van der Waals surface area (Å²) in [5.41, 5.74) is 28.3. The zero-order chi connectivity index (χ0) is 46.9. The molecular formula is C57H57F3N4. The van der Waals surface area contributed by atoms with E-state index in [0.717, 1.165) is 74.3 Å². The van der Waals surface area contributed by atoms with Gasteiger partial charge in [-0.3, -0.25) is 0 Å². The van der Waals surface area contributed by atoms with Gasteiger partial charge in [0.15, 0.2) is 5.69 Å². The summed E-state index contributed by atoms with van der Waals surface area (Å²) in [5.74, 6) is 0. The number of benzene rings is 6. The lowest BCUT2D eigenvalue weighted by atomic mass is 9.79. The Morgan fingerprint density at radius 1 is 0.469 bits per heavy atom. The molecule has 0 aromatic heterocycles. The Labute approximate surface area is 377 Å². The second-order valence-electron chi connectivity index (χ2n) is 18.7. The maximum Gasteiger partial charge on any atom is 0.415 e. The molecule has 326 valence electrons. The molecule has 2 aliphatic heterocycles. The molecule has 0 spiro atoms. The number of halogens is 3.